The monoisotopic (exact) mass is 327 g/mol. The summed E-state index contributed by atoms with van der Waals surface area (Å²) in [6.07, 6.45) is 3.02. The average molecular weight is 327 g/mol. The van der Waals surface area contributed by atoms with E-state index in [1.165, 1.54) is 5.56 Å². The van der Waals surface area contributed by atoms with Gasteiger partial charge in [-0.15, -0.1) is 0 Å². The largest absolute Gasteiger partial charge is 0.337 e. The summed E-state index contributed by atoms with van der Waals surface area (Å²) in [7, 11) is 2.16. The number of rotatable bonds is 4. The van der Waals surface area contributed by atoms with Gasteiger partial charge in [-0.3, -0.25) is 4.90 Å². The van der Waals surface area contributed by atoms with Crippen LogP contribution in [0.4, 0.5) is 0 Å². The number of nitrogens with zero attached hydrogens (tertiary/aromatic N) is 4. The van der Waals surface area contributed by atoms with E-state index >= 15 is 0 Å². The van der Waals surface area contributed by atoms with E-state index in [1.54, 1.807) is 0 Å². The second-order valence-electron chi connectivity index (χ2n) is 7.12. The maximum absolute atomic E-state index is 6.37. The summed E-state index contributed by atoms with van der Waals surface area (Å²) >= 11 is 0. The molecule has 6 nitrogen and oxygen atoms in total. The Balaban J connectivity index is 1.65. The molecule has 6 heteroatoms. The lowest BCUT2D eigenvalue weighted by Gasteiger charge is -2.36. The third-order valence-corrected chi connectivity index (χ3v) is 5.39. The molecule has 1 unspecified atom stereocenters. The van der Waals surface area contributed by atoms with E-state index in [-0.39, 0.29) is 11.6 Å². The number of hydrogen-bond acceptors (Lipinski definition) is 6. The Morgan fingerprint density at radius 3 is 2.46 bits per heavy atom. The molecule has 0 amide bonds. The molecule has 2 heterocycles. The number of likely N-dealkylation sites (N-methyl/N-ethyl adjacent to an activating group) is 1. The maximum atomic E-state index is 6.37. The Bertz CT molecular complexity index is 674. The molecule has 2 aromatic rings. The van der Waals surface area contributed by atoms with Gasteiger partial charge in [0.25, 0.3) is 0 Å². The van der Waals surface area contributed by atoms with Crippen LogP contribution in [0.5, 0.6) is 0 Å². The van der Waals surface area contributed by atoms with Crippen molar-refractivity contribution in [3.63, 3.8) is 0 Å². The van der Waals surface area contributed by atoms with E-state index in [9.17, 15) is 0 Å². The summed E-state index contributed by atoms with van der Waals surface area (Å²) in [6, 6.07) is 10.4. The molecule has 1 saturated heterocycles. The second kappa shape index (κ2) is 6.27. The molecule has 1 saturated carbocycles. The number of benzene rings is 1. The van der Waals surface area contributed by atoms with Gasteiger partial charge in [0.15, 0.2) is 5.82 Å². The molecule has 1 aromatic carbocycles. The molecular formula is C18H25N5O. The van der Waals surface area contributed by atoms with E-state index < -0.39 is 0 Å². The van der Waals surface area contributed by atoms with Crippen molar-refractivity contribution in [1.29, 1.82) is 0 Å². The van der Waals surface area contributed by atoms with Crippen LogP contribution in [0.3, 0.4) is 0 Å². The van der Waals surface area contributed by atoms with Crippen LogP contribution in [0.1, 0.15) is 42.6 Å². The zero-order valence-corrected chi connectivity index (χ0v) is 14.2. The first-order chi connectivity index (χ1) is 11.7. The third kappa shape index (κ3) is 2.85. The van der Waals surface area contributed by atoms with Gasteiger partial charge < -0.3 is 15.2 Å². The minimum absolute atomic E-state index is 0.00447. The van der Waals surface area contributed by atoms with Crippen molar-refractivity contribution in [1.82, 2.24) is 19.9 Å². The van der Waals surface area contributed by atoms with Gasteiger partial charge in [-0.2, -0.15) is 4.98 Å². The minimum atomic E-state index is -0.384. The Morgan fingerprint density at radius 1 is 1.12 bits per heavy atom. The number of hydrogen-bond donors (Lipinski definition) is 1. The Kier molecular flexibility index (Phi) is 4.12. The van der Waals surface area contributed by atoms with Gasteiger partial charge in [0, 0.05) is 26.2 Å². The van der Waals surface area contributed by atoms with Crippen molar-refractivity contribution in [2.24, 2.45) is 5.73 Å². The number of piperazine rings is 1. The molecule has 1 aromatic heterocycles. The fourth-order valence-corrected chi connectivity index (χ4v) is 3.55. The Hall–Kier alpha value is -1.76. The van der Waals surface area contributed by atoms with Gasteiger partial charge in [-0.05, 0) is 31.9 Å². The quantitative estimate of drug-likeness (QED) is 0.922. The first-order valence-corrected chi connectivity index (χ1v) is 8.76. The van der Waals surface area contributed by atoms with E-state index in [0.717, 1.165) is 45.4 Å². The summed E-state index contributed by atoms with van der Waals surface area (Å²) in [5, 5.41) is 4.22. The molecule has 1 aliphatic heterocycles. The van der Waals surface area contributed by atoms with Gasteiger partial charge in [0.1, 0.15) is 6.04 Å². The molecule has 24 heavy (non-hydrogen) atoms. The van der Waals surface area contributed by atoms with Crippen LogP contribution in [0.15, 0.2) is 34.9 Å². The summed E-state index contributed by atoms with van der Waals surface area (Å²) in [6.45, 7) is 4.07. The first-order valence-electron chi connectivity index (χ1n) is 8.76. The Morgan fingerprint density at radius 2 is 1.83 bits per heavy atom. The molecule has 1 aliphatic carbocycles. The topological polar surface area (TPSA) is 71.4 Å². The summed E-state index contributed by atoms with van der Waals surface area (Å²) in [5.74, 6) is 1.33. The van der Waals surface area contributed by atoms with Crippen molar-refractivity contribution >= 4 is 0 Å². The lowest BCUT2D eigenvalue weighted by Crippen LogP contribution is -2.46. The smallest absolute Gasteiger partial charge is 0.248 e. The fourth-order valence-electron chi connectivity index (χ4n) is 3.55. The van der Waals surface area contributed by atoms with Crippen LogP contribution in [0.2, 0.25) is 0 Å². The maximum Gasteiger partial charge on any atom is 0.248 e. The number of aromatic nitrogens is 2. The predicted molar refractivity (Wildman–Crippen MR) is 91.4 cm³/mol. The first kappa shape index (κ1) is 15.7. The van der Waals surface area contributed by atoms with Gasteiger partial charge in [0.05, 0.1) is 5.54 Å². The van der Waals surface area contributed by atoms with Crippen molar-refractivity contribution in [3.05, 3.63) is 47.6 Å². The molecular weight excluding hydrogens is 302 g/mol. The molecule has 4 rings (SSSR count). The van der Waals surface area contributed by atoms with Gasteiger partial charge in [0.2, 0.25) is 5.89 Å². The highest BCUT2D eigenvalue weighted by atomic mass is 16.5. The molecule has 0 bridgehead atoms. The minimum Gasteiger partial charge on any atom is -0.337 e. The number of nitrogens with two attached hydrogens (primary N) is 1. The van der Waals surface area contributed by atoms with Crippen molar-refractivity contribution < 1.29 is 4.52 Å². The molecule has 128 valence electrons. The molecule has 2 aliphatic rings. The van der Waals surface area contributed by atoms with Crippen molar-refractivity contribution in [2.75, 3.05) is 33.2 Å². The third-order valence-electron chi connectivity index (χ3n) is 5.39. The van der Waals surface area contributed by atoms with Gasteiger partial charge in [-0.25, -0.2) is 0 Å². The van der Waals surface area contributed by atoms with E-state index in [2.05, 4.69) is 46.3 Å². The van der Waals surface area contributed by atoms with Crippen LogP contribution in [0, 0.1) is 0 Å². The SMILES string of the molecule is CN1CCN(C(c2ccccc2)c2nc(C3(N)CCC3)no2)CC1. The molecule has 2 fully saturated rings. The zero-order valence-electron chi connectivity index (χ0n) is 14.2. The summed E-state index contributed by atoms with van der Waals surface area (Å²) in [5.41, 5.74) is 7.18. The molecule has 2 N–H and O–H groups in total. The van der Waals surface area contributed by atoms with E-state index in [4.69, 9.17) is 15.2 Å². The van der Waals surface area contributed by atoms with Gasteiger partial charge >= 0.3 is 0 Å². The highest BCUT2D eigenvalue weighted by Crippen LogP contribution is 2.38. The van der Waals surface area contributed by atoms with Crippen molar-refractivity contribution in [2.45, 2.75) is 30.8 Å². The van der Waals surface area contributed by atoms with Gasteiger partial charge in [-0.1, -0.05) is 35.5 Å². The molecule has 1 atom stereocenters. The molecule has 0 radical (unpaired) electrons. The standard InChI is InChI=1S/C18H25N5O/c1-22-10-12-23(13-11-22)15(14-6-3-2-4-7-14)16-20-17(21-24-16)18(19)8-5-9-18/h2-4,6-7,15H,5,8-13,19H2,1H3. The summed E-state index contributed by atoms with van der Waals surface area (Å²) < 4.78 is 5.69. The average Bonchev–Trinajstić information content (AvgIpc) is 3.06. The normalized spacial score (nSPS) is 22.9. The van der Waals surface area contributed by atoms with Crippen LogP contribution < -0.4 is 5.73 Å². The summed E-state index contributed by atoms with van der Waals surface area (Å²) in [4.78, 5) is 9.49. The molecule has 0 spiro atoms. The Labute approximate surface area is 142 Å². The zero-order chi connectivity index (χ0) is 16.6. The fraction of sp³-hybridized carbons (Fsp3) is 0.556. The van der Waals surface area contributed by atoms with Crippen LogP contribution in [0.25, 0.3) is 0 Å². The predicted octanol–water partition coefficient (Wildman–Crippen LogP) is 1.74. The lowest BCUT2D eigenvalue weighted by molar-refractivity contribution is 0.111. The highest BCUT2D eigenvalue weighted by Gasteiger charge is 2.40. The van der Waals surface area contributed by atoms with E-state index in [0.29, 0.717) is 11.7 Å². The van der Waals surface area contributed by atoms with Crippen LogP contribution >= 0.6 is 0 Å². The van der Waals surface area contributed by atoms with Crippen molar-refractivity contribution in [3.8, 4) is 0 Å². The highest BCUT2D eigenvalue weighted by molar-refractivity contribution is 5.25. The van der Waals surface area contributed by atoms with Crippen LogP contribution in [-0.4, -0.2) is 53.2 Å². The lowest BCUT2D eigenvalue weighted by atomic mass is 9.77. The second-order valence-corrected chi connectivity index (χ2v) is 7.12. The van der Waals surface area contributed by atoms with E-state index in [1.807, 2.05) is 6.07 Å². The van der Waals surface area contributed by atoms with Crippen LogP contribution in [-0.2, 0) is 5.54 Å².